The van der Waals surface area contributed by atoms with Gasteiger partial charge >= 0.3 is 5.97 Å². The summed E-state index contributed by atoms with van der Waals surface area (Å²) >= 11 is 0. The first kappa shape index (κ1) is 15.0. The lowest BCUT2D eigenvalue weighted by molar-refractivity contribution is -0.142. The van der Waals surface area contributed by atoms with Crippen molar-refractivity contribution in [2.75, 3.05) is 31.1 Å². The highest BCUT2D eigenvalue weighted by Gasteiger charge is 2.47. The number of rotatable bonds is 4. The molecule has 1 saturated carbocycles. The molecule has 0 amide bonds. The smallest absolute Gasteiger partial charge is 0.308 e. The van der Waals surface area contributed by atoms with Gasteiger partial charge in [-0.25, -0.2) is 0 Å². The molecule has 0 aromatic heterocycles. The molecule has 0 bridgehead atoms. The van der Waals surface area contributed by atoms with Gasteiger partial charge in [-0.05, 0) is 49.7 Å². The molecule has 1 aromatic rings. The lowest BCUT2D eigenvalue weighted by atomic mass is 9.92. The molecule has 2 atom stereocenters. The molecule has 2 aliphatic heterocycles. The van der Waals surface area contributed by atoms with E-state index in [1.807, 2.05) is 0 Å². The fourth-order valence-electron chi connectivity index (χ4n) is 4.55. The number of aliphatic carboxylic acids is 1. The van der Waals surface area contributed by atoms with Crippen molar-refractivity contribution in [3.05, 3.63) is 30.3 Å². The van der Waals surface area contributed by atoms with E-state index in [1.54, 1.807) is 0 Å². The molecule has 2 heterocycles. The van der Waals surface area contributed by atoms with E-state index < -0.39 is 5.97 Å². The monoisotopic (exact) mass is 314 g/mol. The van der Waals surface area contributed by atoms with Crippen molar-refractivity contribution in [3.63, 3.8) is 0 Å². The van der Waals surface area contributed by atoms with Gasteiger partial charge in [0.05, 0.1) is 5.92 Å². The van der Waals surface area contributed by atoms with E-state index in [9.17, 15) is 9.90 Å². The topological polar surface area (TPSA) is 43.8 Å². The SMILES string of the molecule is O=C(O)[C@@H]1CN(C2CCN(c3ccccc3)CC2)C[C@H]1C1CC1. The van der Waals surface area contributed by atoms with Gasteiger partial charge in [-0.15, -0.1) is 0 Å². The van der Waals surface area contributed by atoms with Crippen LogP contribution in [0.3, 0.4) is 0 Å². The predicted octanol–water partition coefficient (Wildman–Crippen LogP) is 2.70. The molecule has 4 nitrogen and oxygen atoms in total. The summed E-state index contributed by atoms with van der Waals surface area (Å²) in [5.74, 6) is 0.380. The molecule has 3 fully saturated rings. The van der Waals surface area contributed by atoms with Gasteiger partial charge in [0.1, 0.15) is 0 Å². The normalized spacial score (nSPS) is 29.8. The van der Waals surface area contributed by atoms with Crippen LogP contribution in [-0.4, -0.2) is 48.2 Å². The molecule has 23 heavy (non-hydrogen) atoms. The van der Waals surface area contributed by atoms with E-state index in [-0.39, 0.29) is 5.92 Å². The molecule has 1 aliphatic carbocycles. The summed E-state index contributed by atoms with van der Waals surface area (Å²) in [6.07, 6.45) is 4.79. The Morgan fingerprint density at radius 2 is 1.70 bits per heavy atom. The number of nitrogens with zero attached hydrogens (tertiary/aromatic N) is 2. The number of hydrogen-bond acceptors (Lipinski definition) is 3. The summed E-state index contributed by atoms with van der Waals surface area (Å²) in [4.78, 5) is 16.5. The van der Waals surface area contributed by atoms with Crippen molar-refractivity contribution in [2.24, 2.45) is 17.8 Å². The number of hydrogen-bond donors (Lipinski definition) is 1. The Kier molecular flexibility index (Phi) is 4.02. The van der Waals surface area contributed by atoms with Crippen molar-refractivity contribution in [1.82, 2.24) is 4.90 Å². The second-order valence-corrected chi connectivity index (χ2v) is 7.45. The Bertz CT molecular complexity index is 550. The number of carboxylic acids is 1. The van der Waals surface area contributed by atoms with Crippen LogP contribution < -0.4 is 4.90 Å². The first-order chi connectivity index (χ1) is 11.2. The number of benzene rings is 1. The number of carboxylic acid groups (broad SMARTS) is 1. The van der Waals surface area contributed by atoms with Crippen LogP contribution in [0, 0.1) is 17.8 Å². The minimum absolute atomic E-state index is 0.130. The van der Waals surface area contributed by atoms with Gasteiger partial charge in [0, 0.05) is 37.9 Å². The van der Waals surface area contributed by atoms with Crippen LogP contribution in [0.4, 0.5) is 5.69 Å². The van der Waals surface area contributed by atoms with E-state index in [0.29, 0.717) is 17.9 Å². The molecule has 0 unspecified atom stereocenters. The van der Waals surface area contributed by atoms with Crippen LogP contribution in [0.5, 0.6) is 0 Å². The third-order valence-corrected chi connectivity index (χ3v) is 6.04. The van der Waals surface area contributed by atoms with Gasteiger partial charge < -0.3 is 10.0 Å². The highest BCUT2D eigenvalue weighted by atomic mass is 16.4. The van der Waals surface area contributed by atoms with Crippen LogP contribution in [0.25, 0.3) is 0 Å². The van der Waals surface area contributed by atoms with Crippen molar-refractivity contribution in [3.8, 4) is 0 Å². The highest BCUT2D eigenvalue weighted by molar-refractivity contribution is 5.71. The maximum atomic E-state index is 11.6. The molecule has 0 radical (unpaired) electrons. The van der Waals surface area contributed by atoms with Crippen molar-refractivity contribution >= 4 is 11.7 Å². The van der Waals surface area contributed by atoms with E-state index in [1.165, 1.54) is 18.5 Å². The van der Waals surface area contributed by atoms with Gasteiger partial charge in [0.15, 0.2) is 0 Å². The zero-order valence-corrected chi connectivity index (χ0v) is 13.6. The minimum Gasteiger partial charge on any atom is -0.481 e. The van der Waals surface area contributed by atoms with Gasteiger partial charge in [0.25, 0.3) is 0 Å². The average Bonchev–Trinajstić information content (AvgIpc) is 3.34. The fraction of sp³-hybridized carbons (Fsp3) is 0.632. The van der Waals surface area contributed by atoms with Gasteiger partial charge in [-0.3, -0.25) is 9.69 Å². The zero-order chi connectivity index (χ0) is 15.8. The molecule has 3 aliphatic rings. The third kappa shape index (κ3) is 3.09. The maximum absolute atomic E-state index is 11.6. The van der Waals surface area contributed by atoms with E-state index in [2.05, 4.69) is 40.1 Å². The first-order valence-corrected chi connectivity index (χ1v) is 8.99. The highest BCUT2D eigenvalue weighted by Crippen LogP contribution is 2.45. The van der Waals surface area contributed by atoms with E-state index in [0.717, 1.165) is 39.0 Å². The van der Waals surface area contributed by atoms with Crippen LogP contribution in [0.2, 0.25) is 0 Å². The second kappa shape index (κ2) is 6.16. The fourth-order valence-corrected chi connectivity index (χ4v) is 4.55. The number of carbonyl (C=O) groups is 1. The Morgan fingerprint density at radius 1 is 1.00 bits per heavy atom. The van der Waals surface area contributed by atoms with Crippen LogP contribution in [0.15, 0.2) is 30.3 Å². The molecule has 0 spiro atoms. The van der Waals surface area contributed by atoms with Crippen LogP contribution in [-0.2, 0) is 4.79 Å². The van der Waals surface area contributed by atoms with Crippen LogP contribution in [0.1, 0.15) is 25.7 Å². The lowest BCUT2D eigenvalue weighted by Crippen LogP contribution is -2.44. The van der Waals surface area contributed by atoms with Crippen LogP contribution >= 0.6 is 0 Å². The average molecular weight is 314 g/mol. The Labute approximate surface area is 138 Å². The molecule has 1 aromatic carbocycles. The Hall–Kier alpha value is -1.55. The van der Waals surface area contributed by atoms with E-state index >= 15 is 0 Å². The standard InChI is InChI=1S/C19H26N2O2/c22-19(23)18-13-21(12-17(18)14-6-7-14)16-8-10-20(11-9-16)15-4-2-1-3-5-15/h1-5,14,16-18H,6-13H2,(H,22,23)/t17-,18+/m0/s1. The number of piperidine rings is 1. The summed E-state index contributed by atoms with van der Waals surface area (Å²) in [7, 11) is 0. The van der Waals surface area contributed by atoms with Crippen molar-refractivity contribution in [1.29, 1.82) is 0 Å². The summed E-state index contributed by atoms with van der Waals surface area (Å²) < 4.78 is 0. The van der Waals surface area contributed by atoms with Gasteiger partial charge in [0.2, 0.25) is 0 Å². The zero-order valence-electron chi connectivity index (χ0n) is 13.6. The molecule has 4 heteroatoms. The molecule has 2 saturated heterocycles. The molecule has 4 rings (SSSR count). The molecule has 124 valence electrons. The summed E-state index contributed by atoms with van der Waals surface area (Å²) in [6, 6.07) is 11.2. The Balaban J connectivity index is 1.36. The number of likely N-dealkylation sites (tertiary alicyclic amines) is 1. The van der Waals surface area contributed by atoms with Crippen molar-refractivity contribution in [2.45, 2.75) is 31.7 Å². The van der Waals surface area contributed by atoms with Crippen molar-refractivity contribution < 1.29 is 9.90 Å². The van der Waals surface area contributed by atoms with E-state index in [4.69, 9.17) is 0 Å². The first-order valence-electron chi connectivity index (χ1n) is 8.99. The largest absolute Gasteiger partial charge is 0.481 e. The summed E-state index contributed by atoms with van der Waals surface area (Å²) in [6.45, 7) is 3.94. The second-order valence-electron chi connectivity index (χ2n) is 7.45. The summed E-state index contributed by atoms with van der Waals surface area (Å²) in [5.41, 5.74) is 1.31. The molecular weight excluding hydrogens is 288 g/mol. The molecule has 1 N–H and O–H groups in total. The quantitative estimate of drug-likeness (QED) is 0.928. The van der Waals surface area contributed by atoms with Gasteiger partial charge in [-0.1, -0.05) is 18.2 Å². The number of para-hydroxylation sites is 1. The lowest BCUT2D eigenvalue weighted by Gasteiger charge is -2.38. The third-order valence-electron chi connectivity index (χ3n) is 6.04. The minimum atomic E-state index is -0.578. The Morgan fingerprint density at radius 3 is 2.30 bits per heavy atom. The predicted molar refractivity (Wildman–Crippen MR) is 90.6 cm³/mol. The molecular formula is C19H26N2O2. The maximum Gasteiger partial charge on any atom is 0.308 e. The number of anilines is 1. The summed E-state index contributed by atoms with van der Waals surface area (Å²) in [5, 5.41) is 9.53. The van der Waals surface area contributed by atoms with Gasteiger partial charge in [-0.2, -0.15) is 0 Å².